The van der Waals surface area contributed by atoms with Crippen LogP contribution in [0.1, 0.15) is 5.56 Å². The third-order valence-electron chi connectivity index (χ3n) is 2.08. The van der Waals surface area contributed by atoms with Crippen molar-refractivity contribution in [3.63, 3.8) is 0 Å². The van der Waals surface area contributed by atoms with Gasteiger partial charge >= 0.3 is 0 Å². The number of hydrazone groups is 1. The zero-order valence-electron chi connectivity index (χ0n) is 9.88. The minimum Gasteiger partial charge on any atom is -0.361 e. The molecule has 0 spiro atoms. The fourth-order valence-corrected chi connectivity index (χ4v) is 1.19. The molecule has 0 N–H and O–H groups in total. The van der Waals surface area contributed by atoms with Crippen LogP contribution < -0.4 is 4.90 Å². The van der Waals surface area contributed by atoms with E-state index >= 15 is 0 Å². The quantitative estimate of drug-likeness (QED) is 0.435. The van der Waals surface area contributed by atoms with Crippen molar-refractivity contribution in [2.24, 2.45) is 5.10 Å². The lowest BCUT2D eigenvalue weighted by Gasteiger charge is -2.14. The summed E-state index contributed by atoms with van der Waals surface area (Å²) in [5, 5.41) is 14.5. The Labute approximate surface area is 96.4 Å². The lowest BCUT2D eigenvalue weighted by molar-refractivity contribution is 0.440. The topological polar surface area (TPSA) is 42.6 Å². The van der Waals surface area contributed by atoms with Gasteiger partial charge in [0.25, 0.3) is 0 Å². The highest BCUT2D eigenvalue weighted by Crippen LogP contribution is 2.12. The van der Waals surface area contributed by atoms with Crippen molar-refractivity contribution in [2.75, 3.05) is 32.6 Å². The van der Waals surface area contributed by atoms with E-state index in [-0.39, 0.29) is 0 Å². The third-order valence-corrected chi connectivity index (χ3v) is 2.08. The highest BCUT2D eigenvalue weighted by atomic mass is 15.4. The van der Waals surface area contributed by atoms with Crippen molar-refractivity contribution in [1.29, 1.82) is 5.26 Å². The first-order valence-electron chi connectivity index (χ1n) is 5.03. The van der Waals surface area contributed by atoms with Gasteiger partial charge in [-0.2, -0.15) is 10.4 Å². The summed E-state index contributed by atoms with van der Waals surface area (Å²) < 4.78 is 0. The number of hydrogen-bond donors (Lipinski definition) is 0. The van der Waals surface area contributed by atoms with Gasteiger partial charge < -0.3 is 9.91 Å². The maximum absolute atomic E-state index is 8.58. The first-order valence-corrected chi connectivity index (χ1v) is 5.03. The summed E-state index contributed by atoms with van der Waals surface area (Å²) >= 11 is 0. The fraction of sp³-hybridized carbons (Fsp3) is 0.333. The molecule has 0 aromatic heterocycles. The summed E-state index contributed by atoms with van der Waals surface area (Å²) in [6.45, 7) is 0.394. The standard InChI is InChI=1S/C12H16N4/c1-15(2)14-10-11-4-6-12(7-5-11)16(3)9-8-13/h4-7,10H,9H2,1-3H3/b14-10+. The molecule has 4 nitrogen and oxygen atoms in total. The molecule has 0 saturated heterocycles. The molecule has 0 aliphatic rings. The Balaban J connectivity index is 2.72. The molecule has 0 aliphatic heterocycles. The number of rotatable bonds is 4. The van der Waals surface area contributed by atoms with Crippen molar-refractivity contribution >= 4 is 11.9 Å². The van der Waals surface area contributed by atoms with Crippen molar-refractivity contribution in [1.82, 2.24) is 5.01 Å². The van der Waals surface area contributed by atoms with Crippen LogP contribution in [0, 0.1) is 11.3 Å². The Hall–Kier alpha value is -2.02. The first-order chi connectivity index (χ1) is 7.63. The lowest BCUT2D eigenvalue weighted by Crippen LogP contribution is -2.16. The van der Waals surface area contributed by atoms with Gasteiger partial charge in [-0.25, -0.2) is 0 Å². The van der Waals surface area contributed by atoms with Crippen LogP contribution in [0.3, 0.4) is 0 Å². The zero-order chi connectivity index (χ0) is 12.0. The van der Waals surface area contributed by atoms with E-state index < -0.39 is 0 Å². The van der Waals surface area contributed by atoms with Crippen LogP contribution in [0.4, 0.5) is 5.69 Å². The predicted molar refractivity (Wildman–Crippen MR) is 66.6 cm³/mol. The summed E-state index contributed by atoms with van der Waals surface area (Å²) in [6, 6.07) is 10.0. The molecule has 16 heavy (non-hydrogen) atoms. The normalized spacial score (nSPS) is 10.1. The summed E-state index contributed by atoms with van der Waals surface area (Å²) in [7, 11) is 5.66. The van der Waals surface area contributed by atoms with E-state index in [0.29, 0.717) is 6.54 Å². The van der Waals surface area contributed by atoms with E-state index in [1.807, 2.05) is 50.3 Å². The minimum atomic E-state index is 0.394. The van der Waals surface area contributed by atoms with Crippen LogP contribution in [-0.2, 0) is 0 Å². The van der Waals surface area contributed by atoms with E-state index in [1.54, 1.807) is 11.2 Å². The van der Waals surface area contributed by atoms with Crippen molar-refractivity contribution in [3.05, 3.63) is 29.8 Å². The molecule has 1 aromatic rings. The van der Waals surface area contributed by atoms with Gasteiger partial charge in [-0.05, 0) is 17.7 Å². The number of nitrogens with zero attached hydrogens (tertiary/aromatic N) is 4. The van der Waals surface area contributed by atoms with Gasteiger partial charge in [0.15, 0.2) is 0 Å². The second-order valence-corrected chi connectivity index (χ2v) is 3.70. The summed E-state index contributed by atoms with van der Waals surface area (Å²) in [4.78, 5) is 1.90. The molecule has 0 atom stereocenters. The van der Waals surface area contributed by atoms with Gasteiger partial charge in [0.1, 0.15) is 6.54 Å². The van der Waals surface area contributed by atoms with Gasteiger partial charge in [0.2, 0.25) is 0 Å². The molecular weight excluding hydrogens is 200 g/mol. The van der Waals surface area contributed by atoms with E-state index in [2.05, 4.69) is 11.2 Å². The molecule has 1 rings (SSSR count). The molecule has 0 saturated carbocycles. The summed E-state index contributed by atoms with van der Waals surface area (Å²) in [5.74, 6) is 0. The second-order valence-electron chi connectivity index (χ2n) is 3.70. The molecule has 4 heteroatoms. The van der Waals surface area contributed by atoms with Gasteiger partial charge in [-0.15, -0.1) is 0 Å². The fourth-order valence-electron chi connectivity index (χ4n) is 1.19. The van der Waals surface area contributed by atoms with Crippen LogP contribution in [0.5, 0.6) is 0 Å². The van der Waals surface area contributed by atoms with E-state index in [1.165, 1.54) is 0 Å². The van der Waals surface area contributed by atoms with Crippen LogP contribution in [0.2, 0.25) is 0 Å². The molecule has 0 aliphatic carbocycles. The predicted octanol–water partition coefficient (Wildman–Crippen LogP) is 1.54. The lowest BCUT2D eigenvalue weighted by atomic mass is 10.2. The largest absolute Gasteiger partial charge is 0.361 e. The monoisotopic (exact) mass is 216 g/mol. The molecule has 0 amide bonds. The van der Waals surface area contributed by atoms with E-state index in [0.717, 1.165) is 11.3 Å². The molecule has 0 fully saturated rings. The smallest absolute Gasteiger partial charge is 0.105 e. The second kappa shape index (κ2) is 5.76. The Kier molecular flexibility index (Phi) is 4.34. The van der Waals surface area contributed by atoms with Crippen LogP contribution in [0.15, 0.2) is 29.4 Å². The molecule has 0 radical (unpaired) electrons. The van der Waals surface area contributed by atoms with Gasteiger partial charge in [-0.3, -0.25) is 0 Å². The molecule has 0 heterocycles. The molecule has 1 aromatic carbocycles. The number of nitriles is 1. The highest BCUT2D eigenvalue weighted by molar-refractivity contribution is 5.80. The minimum absolute atomic E-state index is 0.394. The van der Waals surface area contributed by atoms with Gasteiger partial charge in [0.05, 0.1) is 12.3 Å². The first kappa shape index (κ1) is 12.1. The zero-order valence-corrected chi connectivity index (χ0v) is 9.88. The van der Waals surface area contributed by atoms with E-state index in [9.17, 15) is 0 Å². The summed E-state index contributed by atoms with van der Waals surface area (Å²) in [6.07, 6.45) is 1.80. The average Bonchev–Trinajstić information content (AvgIpc) is 2.27. The van der Waals surface area contributed by atoms with Crippen LogP contribution >= 0.6 is 0 Å². The van der Waals surface area contributed by atoms with Crippen molar-refractivity contribution < 1.29 is 0 Å². The van der Waals surface area contributed by atoms with Crippen molar-refractivity contribution in [3.8, 4) is 6.07 Å². The number of hydrogen-bond acceptors (Lipinski definition) is 4. The Morgan fingerprint density at radius 2 is 1.88 bits per heavy atom. The highest BCUT2D eigenvalue weighted by Gasteiger charge is 1.98. The Bertz CT molecular complexity index is 386. The molecule has 0 bridgehead atoms. The van der Waals surface area contributed by atoms with Crippen molar-refractivity contribution in [2.45, 2.75) is 0 Å². The third kappa shape index (κ3) is 3.62. The SMILES string of the molecule is CN(C)/N=C/c1ccc(N(C)CC#N)cc1. The maximum atomic E-state index is 8.58. The molecular formula is C12H16N4. The number of benzene rings is 1. The Morgan fingerprint density at radius 1 is 1.25 bits per heavy atom. The number of anilines is 1. The Morgan fingerprint density at radius 3 is 2.38 bits per heavy atom. The van der Waals surface area contributed by atoms with E-state index in [4.69, 9.17) is 5.26 Å². The van der Waals surface area contributed by atoms with Gasteiger partial charge in [0, 0.05) is 26.8 Å². The molecule has 0 unspecified atom stereocenters. The van der Waals surface area contributed by atoms with Gasteiger partial charge in [-0.1, -0.05) is 12.1 Å². The van der Waals surface area contributed by atoms with Crippen LogP contribution in [-0.4, -0.2) is 38.9 Å². The van der Waals surface area contributed by atoms with Crippen LogP contribution in [0.25, 0.3) is 0 Å². The molecule has 84 valence electrons. The maximum Gasteiger partial charge on any atom is 0.105 e. The summed E-state index contributed by atoms with van der Waals surface area (Å²) in [5.41, 5.74) is 2.08. The average molecular weight is 216 g/mol.